The summed E-state index contributed by atoms with van der Waals surface area (Å²) in [4.78, 5) is 19.3. The smallest absolute Gasteiger partial charge is 0.282 e. The second-order valence-electron chi connectivity index (χ2n) is 7.58. The molecule has 0 unspecified atom stereocenters. The van der Waals surface area contributed by atoms with E-state index in [1.165, 1.54) is 28.3 Å². The van der Waals surface area contributed by atoms with Crippen molar-refractivity contribution in [1.29, 1.82) is 0 Å². The van der Waals surface area contributed by atoms with Crippen LogP contribution in [0.2, 0.25) is 0 Å². The van der Waals surface area contributed by atoms with Crippen molar-refractivity contribution in [2.75, 3.05) is 6.54 Å². The van der Waals surface area contributed by atoms with Crippen LogP contribution in [0.15, 0.2) is 43.1 Å². The van der Waals surface area contributed by atoms with Gasteiger partial charge in [-0.1, -0.05) is 36.4 Å². The first-order chi connectivity index (χ1) is 12.6. The third-order valence-corrected chi connectivity index (χ3v) is 7.37. The molecule has 1 aromatic heterocycles. The summed E-state index contributed by atoms with van der Waals surface area (Å²) in [5.74, 6) is 1.18. The van der Waals surface area contributed by atoms with Gasteiger partial charge in [-0.05, 0) is 61.8 Å². The first-order valence-electron chi connectivity index (χ1n) is 9.57. The number of carbonyl (C=O) groups is 1. The average molecular weight is 367 g/mol. The summed E-state index contributed by atoms with van der Waals surface area (Å²) in [6.45, 7) is 9.27. The number of allylic oxidation sites excluding steroid dienone is 1. The summed E-state index contributed by atoms with van der Waals surface area (Å²) >= 11 is 1.51. The molecule has 3 nitrogen and oxygen atoms in total. The van der Waals surface area contributed by atoms with Crippen LogP contribution in [0.5, 0.6) is 0 Å². The highest BCUT2D eigenvalue weighted by Crippen LogP contribution is 2.50. The van der Waals surface area contributed by atoms with Crippen molar-refractivity contribution in [3.05, 3.63) is 54.2 Å². The maximum absolute atomic E-state index is 12.7. The molecule has 2 aliphatic rings. The Labute approximate surface area is 159 Å². The molecule has 2 aliphatic heterocycles. The number of carbonyl (C=O) groups excluding carboxylic acids is 1. The lowest BCUT2D eigenvalue weighted by Gasteiger charge is -2.39. The lowest BCUT2D eigenvalue weighted by atomic mass is 9.78. The van der Waals surface area contributed by atoms with Crippen molar-refractivity contribution in [3.8, 4) is 0 Å². The van der Waals surface area contributed by atoms with Crippen LogP contribution in [0.25, 0.3) is 10.9 Å². The zero-order chi connectivity index (χ0) is 18.3. The standard InChI is InChI=1S/C22H26N2OS/c1-4-15(5-2)16-9-11-24-20(13-16)21(26-22(24)25)17-8-10-23-19-7-6-14(3)12-18(17)19/h4,6-8,10,12,15-16,20-21H,1,5,9,11,13H2,2-3H3/t15-,16-,20-,21-/m0/s1. The Balaban J connectivity index is 1.72. The molecule has 0 radical (unpaired) electrons. The van der Waals surface area contributed by atoms with Gasteiger partial charge in [0.1, 0.15) is 0 Å². The maximum Gasteiger partial charge on any atom is 0.282 e. The molecule has 2 aromatic rings. The molecule has 2 fully saturated rings. The van der Waals surface area contributed by atoms with E-state index in [2.05, 4.69) is 60.7 Å². The van der Waals surface area contributed by atoms with E-state index < -0.39 is 0 Å². The number of thioether (sulfide) groups is 1. The molecule has 4 rings (SSSR count). The Morgan fingerprint density at radius 1 is 1.42 bits per heavy atom. The summed E-state index contributed by atoms with van der Waals surface area (Å²) in [6.07, 6.45) is 7.30. The molecule has 26 heavy (non-hydrogen) atoms. The van der Waals surface area contributed by atoms with Crippen molar-refractivity contribution in [2.45, 2.75) is 44.4 Å². The van der Waals surface area contributed by atoms with Crippen molar-refractivity contribution < 1.29 is 4.79 Å². The summed E-state index contributed by atoms with van der Waals surface area (Å²) < 4.78 is 0. The quantitative estimate of drug-likeness (QED) is 0.647. The molecule has 0 aliphatic carbocycles. The molecule has 2 saturated heterocycles. The number of rotatable bonds is 4. The second kappa shape index (κ2) is 7.07. The minimum Gasteiger partial charge on any atom is -0.329 e. The summed E-state index contributed by atoms with van der Waals surface area (Å²) in [7, 11) is 0. The number of fused-ring (bicyclic) bond motifs is 2. The molecule has 0 spiro atoms. The van der Waals surface area contributed by atoms with E-state index in [-0.39, 0.29) is 16.5 Å². The molecule has 0 saturated carbocycles. The highest BCUT2D eigenvalue weighted by atomic mass is 32.2. The van der Waals surface area contributed by atoms with Gasteiger partial charge in [-0.3, -0.25) is 9.78 Å². The van der Waals surface area contributed by atoms with E-state index in [1.807, 2.05) is 6.20 Å². The molecule has 1 amide bonds. The molecular formula is C22H26N2OS. The minimum absolute atomic E-state index is 0.194. The highest BCUT2D eigenvalue weighted by Gasteiger charge is 2.46. The van der Waals surface area contributed by atoms with Gasteiger partial charge in [0.15, 0.2) is 0 Å². The predicted octanol–water partition coefficient (Wildman–Crippen LogP) is 5.74. The molecule has 3 heterocycles. The van der Waals surface area contributed by atoms with Crippen LogP contribution >= 0.6 is 11.8 Å². The highest BCUT2D eigenvalue weighted by molar-refractivity contribution is 8.14. The minimum atomic E-state index is 0.194. The first-order valence-corrected chi connectivity index (χ1v) is 10.5. The van der Waals surface area contributed by atoms with Crippen LogP contribution in [0, 0.1) is 18.8 Å². The average Bonchev–Trinajstić information content (AvgIpc) is 2.98. The Morgan fingerprint density at radius 2 is 2.27 bits per heavy atom. The van der Waals surface area contributed by atoms with Gasteiger partial charge in [0, 0.05) is 24.2 Å². The Bertz CT molecular complexity index is 849. The van der Waals surface area contributed by atoms with Crippen molar-refractivity contribution in [1.82, 2.24) is 9.88 Å². The van der Waals surface area contributed by atoms with Crippen LogP contribution in [0.3, 0.4) is 0 Å². The van der Waals surface area contributed by atoms with E-state index in [4.69, 9.17) is 0 Å². The van der Waals surface area contributed by atoms with E-state index in [1.54, 1.807) is 0 Å². The molecular weight excluding hydrogens is 340 g/mol. The number of aryl methyl sites for hydroxylation is 1. The molecule has 4 heteroatoms. The van der Waals surface area contributed by atoms with Crippen LogP contribution in [-0.4, -0.2) is 27.7 Å². The monoisotopic (exact) mass is 366 g/mol. The molecule has 136 valence electrons. The van der Waals surface area contributed by atoms with Gasteiger partial charge in [-0.15, -0.1) is 6.58 Å². The Kier molecular flexibility index (Phi) is 4.78. The Hall–Kier alpha value is -1.81. The molecule has 4 atom stereocenters. The zero-order valence-electron chi connectivity index (χ0n) is 15.5. The number of benzene rings is 1. The lowest BCUT2D eigenvalue weighted by Crippen LogP contribution is -2.43. The third kappa shape index (κ3) is 2.94. The Morgan fingerprint density at radius 3 is 3.04 bits per heavy atom. The second-order valence-corrected chi connectivity index (χ2v) is 8.67. The first kappa shape index (κ1) is 17.6. The largest absolute Gasteiger partial charge is 0.329 e. The fourth-order valence-corrected chi connectivity index (χ4v) is 6.00. The number of nitrogens with zero attached hydrogens (tertiary/aromatic N) is 2. The number of amides is 1. The third-order valence-electron chi connectivity index (χ3n) is 6.11. The number of hydrogen-bond acceptors (Lipinski definition) is 3. The topological polar surface area (TPSA) is 33.2 Å². The number of pyridine rings is 1. The zero-order valence-corrected chi connectivity index (χ0v) is 16.3. The SMILES string of the molecule is C=C[C@@H](CC)[C@H]1CCN2C(=O)S[C@@H](c3ccnc4ccc(C)cc34)[C@@H]2C1. The van der Waals surface area contributed by atoms with E-state index in [9.17, 15) is 4.79 Å². The van der Waals surface area contributed by atoms with Crippen LogP contribution in [0.4, 0.5) is 4.79 Å². The van der Waals surface area contributed by atoms with Gasteiger partial charge in [0.05, 0.1) is 10.8 Å². The van der Waals surface area contributed by atoms with Gasteiger partial charge < -0.3 is 4.90 Å². The van der Waals surface area contributed by atoms with Gasteiger partial charge >= 0.3 is 0 Å². The summed E-state index contributed by atoms with van der Waals surface area (Å²) in [6, 6.07) is 8.80. The van der Waals surface area contributed by atoms with Crippen LogP contribution in [0.1, 0.15) is 42.6 Å². The van der Waals surface area contributed by atoms with Crippen molar-refractivity contribution >= 4 is 27.9 Å². The predicted molar refractivity (Wildman–Crippen MR) is 109 cm³/mol. The fourth-order valence-electron chi connectivity index (χ4n) is 4.68. The summed E-state index contributed by atoms with van der Waals surface area (Å²) in [5.41, 5.74) is 3.51. The van der Waals surface area contributed by atoms with E-state index in [0.29, 0.717) is 11.8 Å². The molecule has 1 aromatic carbocycles. The molecule has 0 N–H and O–H groups in total. The van der Waals surface area contributed by atoms with Gasteiger partial charge in [-0.2, -0.15) is 0 Å². The molecule has 0 bridgehead atoms. The van der Waals surface area contributed by atoms with E-state index in [0.717, 1.165) is 31.3 Å². The number of hydrogen-bond donors (Lipinski definition) is 0. The number of piperidine rings is 1. The van der Waals surface area contributed by atoms with Gasteiger partial charge in [0.25, 0.3) is 5.24 Å². The van der Waals surface area contributed by atoms with E-state index >= 15 is 0 Å². The number of aromatic nitrogens is 1. The van der Waals surface area contributed by atoms with Crippen LogP contribution < -0.4 is 0 Å². The van der Waals surface area contributed by atoms with Crippen molar-refractivity contribution in [3.63, 3.8) is 0 Å². The van der Waals surface area contributed by atoms with Crippen LogP contribution in [-0.2, 0) is 0 Å². The maximum atomic E-state index is 12.7. The van der Waals surface area contributed by atoms with Gasteiger partial charge in [-0.25, -0.2) is 0 Å². The fraction of sp³-hybridized carbons (Fsp3) is 0.455. The van der Waals surface area contributed by atoms with Gasteiger partial charge in [0.2, 0.25) is 0 Å². The lowest BCUT2D eigenvalue weighted by molar-refractivity contribution is 0.133. The normalized spacial score (nSPS) is 26.8. The summed E-state index contributed by atoms with van der Waals surface area (Å²) in [5, 5.41) is 1.63. The van der Waals surface area contributed by atoms with Crippen molar-refractivity contribution in [2.24, 2.45) is 11.8 Å².